The summed E-state index contributed by atoms with van der Waals surface area (Å²) in [5.74, 6) is -0.0833. The molecule has 0 spiro atoms. The Morgan fingerprint density at radius 1 is 1.40 bits per heavy atom. The minimum atomic E-state index is -0.0833. The van der Waals surface area contributed by atoms with Gasteiger partial charge in [-0.25, -0.2) is 0 Å². The minimum absolute atomic E-state index is 0.0833. The van der Waals surface area contributed by atoms with E-state index in [1.54, 1.807) is 0 Å². The highest BCUT2D eigenvalue weighted by Gasteiger charge is 2.13. The van der Waals surface area contributed by atoms with Crippen LogP contribution in [0.5, 0.6) is 0 Å². The molecule has 2 aromatic rings. The van der Waals surface area contributed by atoms with E-state index in [0.717, 1.165) is 33.7 Å². The third kappa shape index (κ3) is 3.05. The van der Waals surface area contributed by atoms with Crippen molar-refractivity contribution in [2.24, 2.45) is 5.73 Å². The Hall–Kier alpha value is -1.72. The van der Waals surface area contributed by atoms with Crippen LogP contribution in [0.4, 0.5) is 5.69 Å². The third-order valence-corrected chi connectivity index (χ3v) is 4.30. The fourth-order valence-corrected chi connectivity index (χ4v) is 2.92. The highest BCUT2D eigenvalue weighted by Crippen LogP contribution is 2.22. The Morgan fingerprint density at radius 2 is 2.15 bits per heavy atom. The molecule has 3 nitrogen and oxygen atoms in total. The van der Waals surface area contributed by atoms with Gasteiger partial charge in [0.1, 0.15) is 4.99 Å². The molecule has 2 rings (SSSR count). The van der Waals surface area contributed by atoms with Crippen LogP contribution < -0.4 is 11.1 Å². The van der Waals surface area contributed by atoms with Crippen molar-refractivity contribution in [2.75, 3.05) is 5.32 Å². The molecule has 20 heavy (non-hydrogen) atoms. The number of nitrogens with one attached hydrogen (secondary N) is 1. The topological polar surface area (TPSA) is 55.1 Å². The van der Waals surface area contributed by atoms with Gasteiger partial charge < -0.3 is 11.1 Å². The van der Waals surface area contributed by atoms with Crippen molar-refractivity contribution in [1.29, 1.82) is 0 Å². The summed E-state index contributed by atoms with van der Waals surface area (Å²) >= 11 is 6.42. The SMILES string of the molecule is CCc1ccsc1C(=O)Nc1cc(C(N)=S)ccc1C. The van der Waals surface area contributed by atoms with Crippen molar-refractivity contribution >= 4 is 40.1 Å². The predicted octanol–water partition coefficient (Wildman–Crippen LogP) is 3.51. The van der Waals surface area contributed by atoms with Crippen LogP contribution in [0, 0.1) is 6.92 Å². The van der Waals surface area contributed by atoms with Crippen LogP contribution in [0.3, 0.4) is 0 Å². The highest BCUT2D eigenvalue weighted by atomic mass is 32.1. The van der Waals surface area contributed by atoms with Crippen molar-refractivity contribution in [3.8, 4) is 0 Å². The molecule has 0 fully saturated rings. The average Bonchev–Trinajstić information content (AvgIpc) is 2.89. The Labute approximate surface area is 127 Å². The Balaban J connectivity index is 2.28. The largest absolute Gasteiger partial charge is 0.389 e. The van der Waals surface area contributed by atoms with Gasteiger partial charge in [-0.3, -0.25) is 4.79 Å². The molecule has 0 radical (unpaired) electrons. The van der Waals surface area contributed by atoms with Gasteiger partial charge in [0.2, 0.25) is 0 Å². The fourth-order valence-electron chi connectivity index (χ4n) is 1.90. The highest BCUT2D eigenvalue weighted by molar-refractivity contribution is 7.80. The van der Waals surface area contributed by atoms with Crippen molar-refractivity contribution in [3.05, 3.63) is 51.2 Å². The number of amides is 1. The van der Waals surface area contributed by atoms with Gasteiger partial charge in [-0.1, -0.05) is 31.3 Å². The van der Waals surface area contributed by atoms with Gasteiger partial charge in [0.15, 0.2) is 0 Å². The normalized spacial score (nSPS) is 10.3. The fraction of sp³-hybridized carbons (Fsp3) is 0.200. The van der Waals surface area contributed by atoms with Gasteiger partial charge in [0, 0.05) is 11.3 Å². The van der Waals surface area contributed by atoms with Gasteiger partial charge >= 0.3 is 0 Å². The number of nitrogens with two attached hydrogens (primary N) is 1. The van der Waals surface area contributed by atoms with E-state index in [9.17, 15) is 4.79 Å². The number of benzene rings is 1. The summed E-state index contributed by atoms with van der Waals surface area (Å²) in [6, 6.07) is 7.56. The molecule has 0 aliphatic heterocycles. The van der Waals surface area contributed by atoms with Crippen LogP contribution in [-0.4, -0.2) is 10.9 Å². The molecular formula is C15H16N2OS2. The Bertz CT molecular complexity index is 662. The lowest BCUT2D eigenvalue weighted by atomic mass is 10.1. The molecule has 0 bridgehead atoms. The Kier molecular flexibility index (Phi) is 4.52. The van der Waals surface area contributed by atoms with Crippen LogP contribution in [0.15, 0.2) is 29.6 Å². The number of carbonyl (C=O) groups is 1. The molecule has 1 heterocycles. The van der Waals surface area contributed by atoms with E-state index in [2.05, 4.69) is 5.32 Å². The number of carbonyl (C=O) groups excluding carboxylic acids is 1. The van der Waals surface area contributed by atoms with Gasteiger partial charge in [-0.2, -0.15) is 0 Å². The van der Waals surface area contributed by atoms with E-state index in [1.807, 2.05) is 43.5 Å². The average molecular weight is 304 g/mol. The molecule has 5 heteroatoms. The molecule has 3 N–H and O–H groups in total. The zero-order valence-corrected chi connectivity index (χ0v) is 13.0. The van der Waals surface area contributed by atoms with Crippen LogP contribution >= 0.6 is 23.6 Å². The smallest absolute Gasteiger partial charge is 0.266 e. The lowest BCUT2D eigenvalue weighted by Gasteiger charge is -2.10. The van der Waals surface area contributed by atoms with Gasteiger partial charge in [0.25, 0.3) is 5.91 Å². The summed E-state index contributed by atoms with van der Waals surface area (Å²) in [5, 5.41) is 4.88. The molecule has 0 aliphatic carbocycles. The molecular weight excluding hydrogens is 288 g/mol. The maximum Gasteiger partial charge on any atom is 0.266 e. The van der Waals surface area contributed by atoms with E-state index >= 15 is 0 Å². The van der Waals surface area contributed by atoms with Crippen LogP contribution in [0.25, 0.3) is 0 Å². The predicted molar refractivity (Wildman–Crippen MR) is 88.7 cm³/mol. The van der Waals surface area contributed by atoms with E-state index in [1.165, 1.54) is 11.3 Å². The lowest BCUT2D eigenvalue weighted by Crippen LogP contribution is -2.15. The number of thiophene rings is 1. The molecule has 0 unspecified atom stereocenters. The summed E-state index contributed by atoms with van der Waals surface area (Å²) in [7, 11) is 0. The van der Waals surface area contributed by atoms with Crippen molar-refractivity contribution in [1.82, 2.24) is 0 Å². The van der Waals surface area contributed by atoms with E-state index < -0.39 is 0 Å². The summed E-state index contributed by atoms with van der Waals surface area (Å²) in [6.07, 6.45) is 0.845. The number of anilines is 1. The van der Waals surface area contributed by atoms with Crippen molar-refractivity contribution in [3.63, 3.8) is 0 Å². The van der Waals surface area contributed by atoms with Crippen LogP contribution in [0.2, 0.25) is 0 Å². The maximum atomic E-state index is 12.3. The van der Waals surface area contributed by atoms with Gasteiger partial charge in [-0.05, 0) is 42.0 Å². The standard InChI is InChI=1S/C15H16N2OS2/c1-3-10-6-7-20-13(10)15(18)17-12-8-11(14(16)19)5-4-9(12)2/h4-8H,3H2,1-2H3,(H2,16,19)(H,17,18). The van der Waals surface area contributed by atoms with E-state index in [-0.39, 0.29) is 5.91 Å². The first-order chi connectivity index (χ1) is 9.52. The summed E-state index contributed by atoms with van der Waals surface area (Å²) in [4.78, 5) is 13.4. The molecule has 0 atom stereocenters. The first-order valence-corrected chi connectivity index (χ1v) is 7.60. The number of rotatable bonds is 4. The molecule has 0 saturated heterocycles. The molecule has 0 aliphatic rings. The zero-order chi connectivity index (χ0) is 14.7. The van der Waals surface area contributed by atoms with Gasteiger partial charge in [-0.15, -0.1) is 11.3 Å². The summed E-state index contributed by atoms with van der Waals surface area (Å²) < 4.78 is 0. The van der Waals surface area contributed by atoms with Crippen LogP contribution in [0.1, 0.15) is 33.3 Å². The third-order valence-electron chi connectivity index (χ3n) is 3.10. The maximum absolute atomic E-state index is 12.3. The number of hydrogen-bond donors (Lipinski definition) is 2. The second-order valence-corrected chi connectivity index (χ2v) is 5.83. The van der Waals surface area contributed by atoms with E-state index in [4.69, 9.17) is 18.0 Å². The quantitative estimate of drug-likeness (QED) is 0.850. The second-order valence-electron chi connectivity index (χ2n) is 4.48. The summed E-state index contributed by atoms with van der Waals surface area (Å²) in [5.41, 5.74) is 9.17. The molecule has 1 aromatic carbocycles. The van der Waals surface area contributed by atoms with Crippen LogP contribution in [-0.2, 0) is 6.42 Å². The molecule has 104 valence electrons. The van der Waals surface area contributed by atoms with Crippen molar-refractivity contribution < 1.29 is 4.79 Å². The first-order valence-electron chi connectivity index (χ1n) is 6.31. The Morgan fingerprint density at radius 3 is 2.80 bits per heavy atom. The minimum Gasteiger partial charge on any atom is -0.389 e. The lowest BCUT2D eigenvalue weighted by molar-refractivity contribution is 0.102. The van der Waals surface area contributed by atoms with Crippen molar-refractivity contribution in [2.45, 2.75) is 20.3 Å². The number of hydrogen-bond acceptors (Lipinski definition) is 3. The molecule has 0 saturated carbocycles. The van der Waals surface area contributed by atoms with Gasteiger partial charge in [0.05, 0.1) is 4.88 Å². The monoisotopic (exact) mass is 304 g/mol. The molecule has 1 amide bonds. The number of aryl methyl sites for hydroxylation is 2. The zero-order valence-electron chi connectivity index (χ0n) is 11.4. The summed E-state index contributed by atoms with van der Waals surface area (Å²) in [6.45, 7) is 3.98. The first kappa shape index (κ1) is 14.7. The van der Waals surface area contributed by atoms with E-state index in [0.29, 0.717) is 4.99 Å². The number of thiocarbonyl (C=S) groups is 1. The second kappa shape index (κ2) is 6.15. The molecule has 1 aromatic heterocycles.